The SMILES string of the molecule is CCCCCNC(=O)C1N(CCCCO)C(=O)[C@@H]2[C@H](C(=O)Nc3ccc(OCC)cc3)[C@]3(C)CCC12S3. The molecule has 37 heavy (non-hydrogen) atoms. The Morgan fingerprint density at radius 1 is 1.11 bits per heavy atom. The monoisotopic (exact) mass is 531 g/mol. The molecule has 3 saturated heterocycles. The molecule has 4 rings (SSSR count). The number of benzene rings is 1. The molecule has 3 aliphatic heterocycles. The van der Waals surface area contributed by atoms with Crippen molar-refractivity contribution in [3.8, 4) is 5.75 Å². The van der Waals surface area contributed by atoms with Gasteiger partial charge in [-0.2, -0.15) is 0 Å². The van der Waals surface area contributed by atoms with E-state index in [1.165, 1.54) is 0 Å². The van der Waals surface area contributed by atoms with Gasteiger partial charge < -0.3 is 25.4 Å². The van der Waals surface area contributed by atoms with Gasteiger partial charge in [-0.05, 0) is 70.2 Å². The highest BCUT2D eigenvalue weighted by atomic mass is 32.2. The highest BCUT2D eigenvalue weighted by Crippen LogP contribution is 2.71. The number of rotatable bonds is 13. The van der Waals surface area contributed by atoms with E-state index in [4.69, 9.17) is 4.74 Å². The van der Waals surface area contributed by atoms with E-state index in [9.17, 15) is 19.5 Å². The summed E-state index contributed by atoms with van der Waals surface area (Å²) in [7, 11) is 0. The van der Waals surface area contributed by atoms with Crippen LogP contribution in [-0.4, -0.2) is 69.6 Å². The van der Waals surface area contributed by atoms with Crippen molar-refractivity contribution in [2.75, 3.05) is 31.6 Å². The number of hydrogen-bond donors (Lipinski definition) is 3. The normalized spacial score (nSPS) is 29.9. The molecule has 0 aliphatic carbocycles. The van der Waals surface area contributed by atoms with E-state index in [1.807, 2.05) is 31.2 Å². The van der Waals surface area contributed by atoms with Gasteiger partial charge in [-0.25, -0.2) is 0 Å². The summed E-state index contributed by atoms with van der Waals surface area (Å²) in [4.78, 5) is 43.0. The van der Waals surface area contributed by atoms with Crippen LogP contribution in [0.15, 0.2) is 24.3 Å². The summed E-state index contributed by atoms with van der Waals surface area (Å²) in [5.74, 6) is -0.713. The first-order chi connectivity index (χ1) is 17.8. The zero-order chi connectivity index (χ0) is 26.6. The van der Waals surface area contributed by atoms with E-state index < -0.39 is 27.4 Å². The highest BCUT2D eigenvalue weighted by Gasteiger charge is 2.76. The summed E-state index contributed by atoms with van der Waals surface area (Å²) in [5, 5.41) is 15.4. The largest absolute Gasteiger partial charge is 0.494 e. The number of unbranched alkanes of at least 4 members (excludes halogenated alkanes) is 3. The van der Waals surface area contributed by atoms with Crippen LogP contribution in [0.4, 0.5) is 5.69 Å². The molecule has 0 radical (unpaired) electrons. The molecular weight excluding hydrogens is 490 g/mol. The Bertz CT molecular complexity index is 989. The van der Waals surface area contributed by atoms with Gasteiger partial charge in [0.05, 0.1) is 23.2 Å². The lowest BCUT2D eigenvalue weighted by Crippen LogP contribution is -2.54. The maximum Gasteiger partial charge on any atom is 0.244 e. The molecule has 5 atom stereocenters. The van der Waals surface area contributed by atoms with Crippen molar-refractivity contribution in [2.45, 2.75) is 81.3 Å². The maximum absolute atomic E-state index is 14.0. The van der Waals surface area contributed by atoms with Gasteiger partial charge in [0.2, 0.25) is 17.7 Å². The van der Waals surface area contributed by atoms with E-state index in [0.717, 1.165) is 37.9 Å². The summed E-state index contributed by atoms with van der Waals surface area (Å²) < 4.78 is 4.48. The average molecular weight is 532 g/mol. The third-order valence-electron chi connectivity index (χ3n) is 8.13. The van der Waals surface area contributed by atoms with E-state index in [1.54, 1.807) is 16.7 Å². The van der Waals surface area contributed by atoms with E-state index in [-0.39, 0.29) is 24.3 Å². The van der Waals surface area contributed by atoms with Crippen LogP contribution in [0, 0.1) is 11.8 Å². The van der Waals surface area contributed by atoms with Gasteiger partial charge in [0.15, 0.2) is 0 Å². The Labute approximate surface area is 224 Å². The summed E-state index contributed by atoms with van der Waals surface area (Å²) >= 11 is 1.68. The molecule has 2 unspecified atom stereocenters. The predicted octanol–water partition coefficient (Wildman–Crippen LogP) is 3.58. The van der Waals surface area contributed by atoms with Crippen molar-refractivity contribution in [1.82, 2.24) is 10.2 Å². The number of likely N-dealkylation sites (tertiary alicyclic amines) is 1. The fourth-order valence-electron chi connectivity index (χ4n) is 6.47. The van der Waals surface area contributed by atoms with Gasteiger partial charge in [0.25, 0.3) is 0 Å². The van der Waals surface area contributed by atoms with Crippen molar-refractivity contribution < 1.29 is 24.2 Å². The van der Waals surface area contributed by atoms with Gasteiger partial charge in [-0.3, -0.25) is 14.4 Å². The van der Waals surface area contributed by atoms with Gasteiger partial charge >= 0.3 is 0 Å². The lowest BCUT2D eigenvalue weighted by atomic mass is 9.66. The molecule has 3 amide bonds. The molecule has 3 fully saturated rings. The Hall–Kier alpha value is -2.26. The van der Waals surface area contributed by atoms with Crippen LogP contribution in [0.3, 0.4) is 0 Å². The number of aliphatic hydroxyl groups is 1. The van der Waals surface area contributed by atoms with Gasteiger partial charge in [0.1, 0.15) is 11.8 Å². The Morgan fingerprint density at radius 3 is 2.54 bits per heavy atom. The van der Waals surface area contributed by atoms with Gasteiger partial charge in [-0.1, -0.05) is 19.8 Å². The number of carbonyl (C=O) groups is 3. The van der Waals surface area contributed by atoms with Crippen molar-refractivity contribution in [3.05, 3.63) is 24.3 Å². The number of fused-ring (bicyclic) bond motifs is 1. The minimum atomic E-state index is -0.610. The third kappa shape index (κ3) is 5.21. The molecule has 0 saturated carbocycles. The van der Waals surface area contributed by atoms with Crippen LogP contribution in [0.2, 0.25) is 0 Å². The predicted molar refractivity (Wildman–Crippen MR) is 146 cm³/mol. The van der Waals surface area contributed by atoms with Crippen LogP contribution >= 0.6 is 11.8 Å². The van der Waals surface area contributed by atoms with Crippen LogP contribution in [0.5, 0.6) is 5.75 Å². The molecule has 1 aromatic carbocycles. The number of thioether (sulfide) groups is 1. The molecule has 1 aromatic rings. The smallest absolute Gasteiger partial charge is 0.244 e. The lowest BCUT2D eigenvalue weighted by Gasteiger charge is -2.34. The van der Waals surface area contributed by atoms with Crippen molar-refractivity contribution in [2.24, 2.45) is 11.8 Å². The number of carbonyl (C=O) groups excluding carboxylic acids is 3. The number of aliphatic hydroxyl groups excluding tert-OH is 1. The Morgan fingerprint density at radius 2 is 1.86 bits per heavy atom. The summed E-state index contributed by atoms with van der Waals surface area (Å²) in [6.07, 6.45) is 5.72. The standard InChI is InChI=1S/C28H41N3O5S/c1-4-6-7-16-29-25(34)23-28-15-14-27(3,37-28)21(22(28)26(35)31(23)17-8-9-18-32)24(33)30-19-10-12-20(13-11-19)36-5-2/h10-13,21-23,32H,4-9,14-18H2,1-3H3,(H,29,34)(H,30,33)/t21-,22+,23?,27+,28?/m1/s1. The zero-order valence-electron chi connectivity index (χ0n) is 22.3. The Kier molecular flexibility index (Phi) is 8.74. The second kappa shape index (κ2) is 11.6. The average Bonchev–Trinajstić information content (AvgIpc) is 3.44. The Balaban J connectivity index is 1.59. The lowest BCUT2D eigenvalue weighted by molar-refractivity contribution is -0.139. The van der Waals surface area contributed by atoms with Gasteiger partial charge in [0, 0.05) is 30.1 Å². The first-order valence-electron chi connectivity index (χ1n) is 13.7. The molecule has 3 aliphatic rings. The van der Waals surface area contributed by atoms with E-state index in [0.29, 0.717) is 38.2 Å². The summed E-state index contributed by atoms with van der Waals surface area (Å²) in [5.41, 5.74) is 0.661. The number of ether oxygens (including phenoxy) is 1. The fraction of sp³-hybridized carbons (Fsp3) is 0.679. The molecular formula is C28H41N3O5S. The number of anilines is 1. The summed E-state index contributed by atoms with van der Waals surface area (Å²) in [6.45, 7) is 7.73. The molecule has 3 heterocycles. The summed E-state index contributed by atoms with van der Waals surface area (Å²) in [6, 6.07) is 6.66. The van der Waals surface area contributed by atoms with E-state index in [2.05, 4.69) is 24.5 Å². The molecule has 8 nitrogen and oxygen atoms in total. The van der Waals surface area contributed by atoms with Gasteiger partial charge in [-0.15, -0.1) is 11.8 Å². The fourth-order valence-corrected chi connectivity index (χ4v) is 8.82. The third-order valence-corrected chi connectivity index (χ3v) is 10.1. The molecule has 0 aromatic heterocycles. The van der Waals surface area contributed by atoms with Crippen molar-refractivity contribution in [1.29, 1.82) is 0 Å². The topological polar surface area (TPSA) is 108 Å². The molecule has 3 N–H and O–H groups in total. The molecule has 2 bridgehead atoms. The number of hydrogen-bond acceptors (Lipinski definition) is 6. The second-order valence-electron chi connectivity index (χ2n) is 10.6. The highest BCUT2D eigenvalue weighted by molar-refractivity contribution is 8.02. The first kappa shape index (κ1) is 27.8. The minimum Gasteiger partial charge on any atom is -0.494 e. The number of nitrogens with one attached hydrogen (secondary N) is 2. The van der Waals surface area contributed by atoms with Crippen molar-refractivity contribution in [3.63, 3.8) is 0 Å². The molecule has 1 spiro atoms. The van der Waals surface area contributed by atoms with Crippen LogP contribution in [0.1, 0.15) is 65.7 Å². The van der Waals surface area contributed by atoms with Crippen LogP contribution in [-0.2, 0) is 14.4 Å². The minimum absolute atomic E-state index is 0.0461. The zero-order valence-corrected chi connectivity index (χ0v) is 23.1. The van der Waals surface area contributed by atoms with Crippen molar-refractivity contribution >= 4 is 35.2 Å². The maximum atomic E-state index is 14.0. The van der Waals surface area contributed by atoms with Crippen LogP contribution < -0.4 is 15.4 Å². The first-order valence-corrected chi connectivity index (χ1v) is 14.6. The quantitative estimate of drug-likeness (QED) is 0.336. The number of nitrogens with zero attached hydrogens (tertiary/aromatic N) is 1. The number of amides is 3. The molecule has 204 valence electrons. The molecule has 9 heteroatoms. The van der Waals surface area contributed by atoms with Crippen LogP contribution in [0.25, 0.3) is 0 Å². The van der Waals surface area contributed by atoms with E-state index >= 15 is 0 Å². The second-order valence-corrected chi connectivity index (χ2v) is 12.5.